The summed E-state index contributed by atoms with van der Waals surface area (Å²) in [5.74, 6) is 1.27. The number of allylic oxidation sites excluding steroid dienone is 2. The Kier molecular flexibility index (Phi) is 4.98. The number of amides is 1. The predicted molar refractivity (Wildman–Crippen MR) is 102 cm³/mol. The average Bonchev–Trinajstić information content (AvgIpc) is 3.31. The zero-order chi connectivity index (χ0) is 19.7. The van der Waals surface area contributed by atoms with E-state index in [1.165, 1.54) is 37.8 Å². The quantitative estimate of drug-likeness (QED) is 0.778. The van der Waals surface area contributed by atoms with E-state index in [-0.39, 0.29) is 23.7 Å². The molecule has 2 aliphatic carbocycles. The molecule has 2 bridgehead atoms. The van der Waals surface area contributed by atoms with Crippen molar-refractivity contribution in [1.29, 1.82) is 0 Å². The summed E-state index contributed by atoms with van der Waals surface area (Å²) in [7, 11) is 1.46. The molecule has 1 aromatic carbocycles. The molecule has 0 unspecified atom stereocenters. The van der Waals surface area contributed by atoms with Crippen molar-refractivity contribution in [2.45, 2.75) is 19.4 Å². The largest absolute Gasteiger partial charge is 0.497 e. The number of halogens is 1. The molecular weight excluding hydrogens is 361 g/mol. The van der Waals surface area contributed by atoms with Gasteiger partial charge in [0, 0.05) is 24.2 Å². The van der Waals surface area contributed by atoms with Crippen LogP contribution in [0, 0.1) is 23.6 Å². The van der Waals surface area contributed by atoms with Gasteiger partial charge in [-0.05, 0) is 48.8 Å². The van der Waals surface area contributed by atoms with E-state index in [0.717, 1.165) is 11.1 Å². The fraction of sp³-hybridized carbons (Fsp3) is 0.381. The van der Waals surface area contributed by atoms with Gasteiger partial charge < -0.3 is 10.1 Å². The van der Waals surface area contributed by atoms with Gasteiger partial charge in [0.25, 0.3) is 5.56 Å². The van der Waals surface area contributed by atoms with Gasteiger partial charge in [0.1, 0.15) is 18.1 Å². The Balaban J connectivity index is 1.44. The van der Waals surface area contributed by atoms with Gasteiger partial charge in [0.15, 0.2) is 0 Å². The average molecular weight is 383 g/mol. The third kappa shape index (κ3) is 3.69. The van der Waals surface area contributed by atoms with E-state index in [1.807, 2.05) is 0 Å². The van der Waals surface area contributed by atoms with E-state index >= 15 is 0 Å². The number of carbonyl (C=O) groups excluding carboxylic acids is 1. The summed E-state index contributed by atoms with van der Waals surface area (Å²) >= 11 is 0. The van der Waals surface area contributed by atoms with Crippen LogP contribution < -0.4 is 15.6 Å². The lowest BCUT2D eigenvalue weighted by Crippen LogP contribution is -2.36. The molecule has 1 amide bonds. The van der Waals surface area contributed by atoms with E-state index in [2.05, 4.69) is 22.6 Å². The molecule has 1 saturated carbocycles. The molecule has 1 N–H and O–H groups in total. The third-order valence-corrected chi connectivity index (χ3v) is 5.59. The molecule has 0 saturated heterocycles. The van der Waals surface area contributed by atoms with E-state index in [0.29, 0.717) is 30.0 Å². The van der Waals surface area contributed by atoms with Crippen molar-refractivity contribution >= 4 is 5.91 Å². The number of rotatable bonds is 6. The summed E-state index contributed by atoms with van der Waals surface area (Å²) in [6, 6.07) is 7.15. The number of aromatic nitrogens is 2. The second-order valence-electron chi connectivity index (χ2n) is 7.40. The predicted octanol–water partition coefficient (Wildman–Crippen LogP) is 2.39. The number of nitrogens with one attached hydrogen (secondary N) is 1. The number of benzene rings is 1. The number of fused-ring (bicyclic) bond motifs is 2. The first-order valence-electron chi connectivity index (χ1n) is 9.40. The third-order valence-electron chi connectivity index (χ3n) is 5.59. The van der Waals surface area contributed by atoms with E-state index in [9.17, 15) is 14.0 Å². The fourth-order valence-electron chi connectivity index (χ4n) is 4.10. The van der Waals surface area contributed by atoms with Crippen LogP contribution in [0.4, 0.5) is 4.39 Å². The summed E-state index contributed by atoms with van der Waals surface area (Å²) < 4.78 is 20.4. The van der Waals surface area contributed by atoms with Gasteiger partial charge in [-0.25, -0.2) is 9.07 Å². The molecule has 0 aliphatic heterocycles. The smallest absolute Gasteiger partial charge is 0.267 e. The highest BCUT2D eigenvalue weighted by Crippen LogP contribution is 2.42. The maximum absolute atomic E-state index is 14.3. The molecule has 1 aromatic heterocycles. The first kappa shape index (κ1) is 18.4. The lowest BCUT2D eigenvalue weighted by atomic mass is 9.94. The van der Waals surface area contributed by atoms with Gasteiger partial charge in [-0.1, -0.05) is 12.2 Å². The van der Waals surface area contributed by atoms with E-state index in [1.54, 1.807) is 6.07 Å². The minimum Gasteiger partial charge on any atom is -0.497 e. The highest BCUT2D eigenvalue weighted by Gasteiger charge is 2.35. The number of hydrogen-bond donors (Lipinski definition) is 1. The summed E-state index contributed by atoms with van der Waals surface area (Å²) in [6.45, 7) is 0.410. The lowest BCUT2D eigenvalue weighted by molar-refractivity contribution is -0.122. The zero-order valence-corrected chi connectivity index (χ0v) is 15.6. The minimum atomic E-state index is -0.508. The van der Waals surface area contributed by atoms with Crippen LogP contribution in [0.2, 0.25) is 0 Å². The van der Waals surface area contributed by atoms with Gasteiger partial charge in [-0.3, -0.25) is 9.59 Å². The zero-order valence-electron chi connectivity index (χ0n) is 15.6. The van der Waals surface area contributed by atoms with Crippen LogP contribution in [0.25, 0.3) is 11.3 Å². The number of ether oxygens (including phenoxy) is 1. The second-order valence-corrected chi connectivity index (χ2v) is 7.40. The highest BCUT2D eigenvalue weighted by atomic mass is 19.1. The van der Waals surface area contributed by atoms with Crippen LogP contribution in [0.3, 0.4) is 0 Å². The molecular formula is C21H22FN3O3. The minimum absolute atomic E-state index is 0.193. The fourth-order valence-corrected chi connectivity index (χ4v) is 4.10. The first-order valence-corrected chi connectivity index (χ1v) is 9.40. The molecule has 0 radical (unpaired) electrons. The van der Waals surface area contributed by atoms with Crippen LogP contribution in [0.5, 0.6) is 5.75 Å². The maximum Gasteiger partial charge on any atom is 0.267 e. The Morgan fingerprint density at radius 2 is 2.14 bits per heavy atom. The van der Waals surface area contributed by atoms with Gasteiger partial charge in [-0.15, -0.1) is 0 Å². The van der Waals surface area contributed by atoms with Crippen LogP contribution in [0.1, 0.15) is 12.8 Å². The van der Waals surface area contributed by atoms with Crippen molar-refractivity contribution in [2.75, 3.05) is 13.7 Å². The molecule has 4 rings (SSSR count). The van der Waals surface area contributed by atoms with E-state index < -0.39 is 11.4 Å². The lowest BCUT2D eigenvalue weighted by Gasteiger charge is -2.18. The maximum atomic E-state index is 14.3. The second kappa shape index (κ2) is 7.58. The number of carbonyl (C=O) groups is 1. The molecule has 1 fully saturated rings. The number of nitrogens with zero attached hydrogens (tertiary/aromatic N) is 2. The Hall–Kier alpha value is -2.96. The summed E-state index contributed by atoms with van der Waals surface area (Å²) in [6.07, 6.45) is 6.78. The molecule has 2 aromatic rings. The SMILES string of the molecule is COc1ccc(-c2ccc(=O)n(CC(=O)NC[C@H]3C[C@@H]4C=C[C@H]3C4)n2)c(F)c1. The molecule has 146 valence electrons. The first-order chi connectivity index (χ1) is 13.5. The van der Waals surface area contributed by atoms with Crippen molar-refractivity contribution in [2.24, 2.45) is 17.8 Å². The molecule has 6 nitrogen and oxygen atoms in total. The van der Waals surface area contributed by atoms with Crippen molar-refractivity contribution in [3.63, 3.8) is 0 Å². The van der Waals surface area contributed by atoms with Crippen molar-refractivity contribution < 1.29 is 13.9 Å². The van der Waals surface area contributed by atoms with Crippen molar-refractivity contribution in [1.82, 2.24) is 15.1 Å². The Morgan fingerprint density at radius 1 is 1.29 bits per heavy atom. The van der Waals surface area contributed by atoms with Gasteiger partial charge in [0.2, 0.25) is 5.91 Å². The van der Waals surface area contributed by atoms with Crippen LogP contribution in [-0.4, -0.2) is 29.3 Å². The van der Waals surface area contributed by atoms with Gasteiger partial charge in [0.05, 0.1) is 12.8 Å². The normalized spacial score (nSPS) is 22.4. The van der Waals surface area contributed by atoms with Crippen LogP contribution in [0.15, 0.2) is 47.3 Å². The topological polar surface area (TPSA) is 73.2 Å². The summed E-state index contributed by atoms with van der Waals surface area (Å²) in [5.41, 5.74) is 0.116. The van der Waals surface area contributed by atoms with Gasteiger partial charge >= 0.3 is 0 Å². The summed E-state index contributed by atoms with van der Waals surface area (Å²) in [5, 5.41) is 7.08. The molecule has 0 spiro atoms. The monoisotopic (exact) mass is 383 g/mol. The molecule has 7 heteroatoms. The number of hydrogen-bond acceptors (Lipinski definition) is 4. The van der Waals surface area contributed by atoms with E-state index in [4.69, 9.17) is 4.74 Å². The van der Waals surface area contributed by atoms with Crippen LogP contribution >= 0.6 is 0 Å². The highest BCUT2D eigenvalue weighted by molar-refractivity contribution is 5.75. The molecule has 1 heterocycles. The Morgan fingerprint density at radius 3 is 2.82 bits per heavy atom. The standard InChI is InChI=1S/C21H22FN3O3/c1-28-16-4-5-17(18(22)10-16)19-6-7-21(27)25(24-19)12-20(26)23-11-15-9-13-2-3-14(15)8-13/h2-7,10,13-15H,8-9,11-12H2,1H3,(H,23,26)/t13-,14+,15-/m1/s1. The Labute approximate surface area is 162 Å². The molecule has 28 heavy (non-hydrogen) atoms. The summed E-state index contributed by atoms with van der Waals surface area (Å²) in [4.78, 5) is 24.4. The van der Waals surface area contributed by atoms with Crippen molar-refractivity contribution in [3.8, 4) is 17.0 Å². The Bertz CT molecular complexity index is 985. The van der Waals surface area contributed by atoms with Gasteiger partial charge in [-0.2, -0.15) is 5.10 Å². The molecule has 2 aliphatic rings. The molecule has 3 atom stereocenters. The number of methoxy groups -OCH3 is 1. The van der Waals surface area contributed by atoms with Crippen LogP contribution in [-0.2, 0) is 11.3 Å². The van der Waals surface area contributed by atoms with Crippen molar-refractivity contribution in [3.05, 3.63) is 58.7 Å².